The number of aryl methyl sites for hydroxylation is 2. The average Bonchev–Trinajstić information content (AvgIpc) is 3.36. The zero-order valence-corrected chi connectivity index (χ0v) is 30.7. The normalized spacial score (nSPS) is 18.7. The van der Waals surface area contributed by atoms with Crippen LogP contribution in [0.2, 0.25) is 0 Å². The highest BCUT2D eigenvalue weighted by Gasteiger charge is 2.29. The molecule has 0 radical (unpaired) electrons. The Labute approximate surface area is 294 Å². The van der Waals surface area contributed by atoms with E-state index in [9.17, 15) is 22.4 Å². The lowest BCUT2D eigenvalue weighted by Crippen LogP contribution is -2.46. The Hall–Kier alpha value is -4.05. The Morgan fingerprint density at radius 2 is 1.80 bits per heavy atom. The molecule has 0 saturated carbocycles. The second-order valence-corrected chi connectivity index (χ2v) is 15.1. The van der Waals surface area contributed by atoms with Crippen molar-refractivity contribution < 1.29 is 36.4 Å². The molecule has 3 amide bonds. The standard InChI is InChI=1S/C35H49FN6O7S/c1-23(21-40(5)6)42-18-17-29(22-41(7)50(45,46)30-14-11-27(36)12-15-30)47-19-9-8-10-24(2)48-32-16-13-28(20-31(32)34(42)43)37-35(44)38-33-25(3)39-49-26(33)4/h11-16,20,23-24,29H,8-10,17-19,21-22H2,1-7H3,(H2,37,38,44)/t23-,24-,29+/m0/s1. The number of carbonyl (C=O) groups excluding carboxylic acids is 2. The van der Waals surface area contributed by atoms with E-state index in [0.29, 0.717) is 54.6 Å². The van der Waals surface area contributed by atoms with Crippen LogP contribution in [0.5, 0.6) is 5.75 Å². The van der Waals surface area contributed by atoms with E-state index in [1.54, 1.807) is 36.9 Å². The van der Waals surface area contributed by atoms with Crippen LogP contribution in [-0.4, -0.2) is 105 Å². The highest BCUT2D eigenvalue weighted by atomic mass is 32.2. The lowest BCUT2D eigenvalue weighted by molar-refractivity contribution is 0.0227. The van der Waals surface area contributed by atoms with Crippen LogP contribution in [0.3, 0.4) is 0 Å². The molecule has 0 bridgehead atoms. The van der Waals surface area contributed by atoms with Crippen LogP contribution < -0.4 is 15.4 Å². The van der Waals surface area contributed by atoms with Crippen LogP contribution in [0.1, 0.15) is 61.3 Å². The molecule has 0 fully saturated rings. The zero-order valence-electron chi connectivity index (χ0n) is 29.9. The van der Waals surface area contributed by atoms with Crippen molar-refractivity contribution in [2.75, 3.05) is 58.0 Å². The number of aromatic nitrogens is 1. The van der Waals surface area contributed by atoms with E-state index in [-0.39, 0.29) is 41.6 Å². The van der Waals surface area contributed by atoms with Crippen LogP contribution in [0, 0.1) is 19.7 Å². The largest absolute Gasteiger partial charge is 0.490 e. The van der Waals surface area contributed by atoms with Gasteiger partial charge in [0.2, 0.25) is 10.0 Å². The van der Waals surface area contributed by atoms with E-state index < -0.39 is 28.0 Å². The van der Waals surface area contributed by atoms with Gasteiger partial charge in [-0.05, 0) is 110 Å². The molecule has 50 heavy (non-hydrogen) atoms. The highest BCUT2D eigenvalue weighted by Crippen LogP contribution is 2.29. The van der Waals surface area contributed by atoms with Crippen molar-refractivity contribution in [2.45, 2.75) is 76.5 Å². The first-order valence-corrected chi connectivity index (χ1v) is 18.2. The van der Waals surface area contributed by atoms with E-state index in [0.717, 1.165) is 25.0 Å². The van der Waals surface area contributed by atoms with Crippen LogP contribution in [0.25, 0.3) is 0 Å². The van der Waals surface area contributed by atoms with Crippen molar-refractivity contribution in [3.63, 3.8) is 0 Å². The van der Waals surface area contributed by atoms with E-state index in [4.69, 9.17) is 14.0 Å². The molecule has 3 aromatic rings. The minimum atomic E-state index is -3.92. The predicted octanol–water partition coefficient (Wildman–Crippen LogP) is 5.51. The van der Waals surface area contributed by atoms with Gasteiger partial charge >= 0.3 is 6.03 Å². The number of hydrogen-bond acceptors (Lipinski definition) is 9. The fourth-order valence-corrected chi connectivity index (χ4v) is 7.06. The number of fused-ring (bicyclic) bond motifs is 1. The summed E-state index contributed by atoms with van der Waals surface area (Å²) in [7, 11) is 1.39. The third-order valence-electron chi connectivity index (χ3n) is 8.52. The number of anilines is 2. The Bertz CT molecular complexity index is 1700. The summed E-state index contributed by atoms with van der Waals surface area (Å²) in [6.45, 7) is 8.55. The molecular weight excluding hydrogens is 667 g/mol. The van der Waals surface area contributed by atoms with E-state index in [2.05, 4.69) is 15.8 Å². The van der Waals surface area contributed by atoms with Gasteiger partial charge in [0.25, 0.3) is 5.91 Å². The van der Waals surface area contributed by atoms with Crippen molar-refractivity contribution >= 4 is 33.3 Å². The Morgan fingerprint density at radius 3 is 2.46 bits per heavy atom. The molecule has 0 saturated heterocycles. The maximum absolute atomic E-state index is 14.5. The van der Waals surface area contributed by atoms with Gasteiger partial charge in [-0.2, -0.15) is 4.31 Å². The van der Waals surface area contributed by atoms with Crippen LogP contribution >= 0.6 is 0 Å². The molecule has 0 unspecified atom stereocenters. The molecule has 1 aliphatic heterocycles. The maximum atomic E-state index is 14.5. The maximum Gasteiger partial charge on any atom is 0.323 e. The number of urea groups is 1. The number of nitrogens with zero attached hydrogens (tertiary/aromatic N) is 4. The van der Waals surface area contributed by atoms with Crippen molar-refractivity contribution in [3.8, 4) is 5.75 Å². The van der Waals surface area contributed by atoms with Gasteiger partial charge in [-0.15, -0.1) is 0 Å². The third-order valence-corrected chi connectivity index (χ3v) is 10.4. The van der Waals surface area contributed by atoms with Crippen LogP contribution in [0.4, 0.5) is 20.6 Å². The number of halogens is 1. The lowest BCUT2D eigenvalue weighted by atomic mass is 10.1. The molecule has 1 aliphatic rings. The smallest absolute Gasteiger partial charge is 0.323 e. The second kappa shape index (κ2) is 17.2. The SMILES string of the molecule is Cc1noc(C)c1NC(=O)Nc1ccc2c(c1)C(=O)N([C@@H](C)CN(C)C)CC[C@H](CN(C)S(=O)(=O)c1ccc(F)cc1)OCCCC[C@H](C)O2. The molecular formula is C35H49FN6O7S. The number of carbonyl (C=O) groups is 2. The Morgan fingerprint density at radius 1 is 1.08 bits per heavy atom. The fourth-order valence-electron chi connectivity index (χ4n) is 5.86. The van der Waals surface area contributed by atoms with Crippen LogP contribution in [-0.2, 0) is 14.8 Å². The lowest BCUT2D eigenvalue weighted by Gasteiger charge is -2.34. The number of nitrogens with one attached hydrogen (secondary N) is 2. The second-order valence-electron chi connectivity index (χ2n) is 13.0. The van der Waals surface area contributed by atoms with Gasteiger partial charge in [-0.1, -0.05) is 5.16 Å². The molecule has 0 spiro atoms. The molecule has 1 aromatic heterocycles. The number of benzene rings is 2. The van der Waals surface area contributed by atoms with Gasteiger partial charge in [0.15, 0.2) is 5.76 Å². The first-order chi connectivity index (χ1) is 23.6. The molecule has 2 heterocycles. The Kier molecular flexibility index (Phi) is 13.4. The van der Waals surface area contributed by atoms with Crippen molar-refractivity contribution in [2.24, 2.45) is 0 Å². The van der Waals surface area contributed by atoms with Gasteiger partial charge in [-0.25, -0.2) is 17.6 Å². The van der Waals surface area contributed by atoms with Crippen molar-refractivity contribution in [1.82, 2.24) is 19.3 Å². The summed E-state index contributed by atoms with van der Waals surface area (Å²) >= 11 is 0. The van der Waals surface area contributed by atoms with E-state index >= 15 is 0 Å². The van der Waals surface area contributed by atoms with Gasteiger partial charge in [-0.3, -0.25) is 4.79 Å². The molecule has 13 nitrogen and oxygen atoms in total. The Balaban J connectivity index is 1.63. The predicted molar refractivity (Wildman–Crippen MR) is 189 cm³/mol. The summed E-state index contributed by atoms with van der Waals surface area (Å²) in [5.74, 6) is 0.0316. The number of rotatable bonds is 9. The molecule has 15 heteroatoms. The molecule has 2 aromatic carbocycles. The topological polar surface area (TPSA) is 147 Å². The monoisotopic (exact) mass is 716 g/mol. The number of hydrogen-bond donors (Lipinski definition) is 2. The highest BCUT2D eigenvalue weighted by molar-refractivity contribution is 7.89. The molecule has 2 N–H and O–H groups in total. The first kappa shape index (κ1) is 38.7. The van der Waals surface area contributed by atoms with Crippen LogP contribution in [0.15, 0.2) is 51.9 Å². The quantitative estimate of drug-likeness (QED) is 0.293. The average molecular weight is 717 g/mol. The number of amides is 3. The summed E-state index contributed by atoms with van der Waals surface area (Å²) < 4.78 is 59.1. The van der Waals surface area contributed by atoms with Gasteiger partial charge in [0.1, 0.15) is 22.9 Å². The fraction of sp³-hybridized carbons (Fsp3) is 0.514. The minimum absolute atomic E-state index is 0.0194. The van der Waals surface area contributed by atoms with Gasteiger partial charge in [0.05, 0.1) is 22.7 Å². The molecule has 274 valence electrons. The zero-order chi connectivity index (χ0) is 36.6. The third kappa shape index (κ3) is 10.2. The summed E-state index contributed by atoms with van der Waals surface area (Å²) in [4.78, 5) is 31.2. The van der Waals surface area contributed by atoms with Gasteiger partial charge in [0, 0.05) is 45.0 Å². The molecule has 4 rings (SSSR count). The molecule has 3 atom stereocenters. The summed E-state index contributed by atoms with van der Waals surface area (Å²) in [6.07, 6.45) is 1.80. The number of likely N-dealkylation sites (N-methyl/N-ethyl adjacent to an activating group) is 2. The number of sulfonamides is 1. The van der Waals surface area contributed by atoms with E-state index in [1.807, 2.05) is 32.8 Å². The van der Waals surface area contributed by atoms with Crippen molar-refractivity contribution in [1.29, 1.82) is 0 Å². The molecule has 0 aliphatic carbocycles. The first-order valence-electron chi connectivity index (χ1n) is 16.8. The summed E-state index contributed by atoms with van der Waals surface area (Å²) in [5.41, 5.74) is 1.66. The number of ether oxygens (including phenoxy) is 2. The van der Waals surface area contributed by atoms with E-state index in [1.165, 1.54) is 23.5 Å². The minimum Gasteiger partial charge on any atom is -0.490 e. The summed E-state index contributed by atoms with van der Waals surface area (Å²) in [5, 5.41) is 9.42. The summed E-state index contributed by atoms with van der Waals surface area (Å²) in [6, 6.07) is 8.91. The van der Waals surface area contributed by atoms with Gasteiger partial charge < -0.3 is 34.4 Å². The van der Waals surface area contributed by atoms with Crippen molar-refractivity contribution in [3.05, 3.63) is 65.3 Å².